The number of fused-ring (bicyclic) bond motifs is 2. The van der Waals surface area contributed by atoms with Crippen molar-refractivity contribution in [3.8, 4) is 0 Å². The van der Waals surface area contributed by atoms with Crippen molar-refractivity contribution in [2.75, 3.05) is 13.1 Å². The molecule has 0 radical (unpaired) electrons. The largest absolute Gasteiger partial charge is 0.335 e. The minimum atomic E-state index is -0.406. The third-order valence-electron chi connectivity index (χ3n) is 5.01. The first kappa shape index (κ1) is 15.9. The maximum atomic E-state index is 12.6. The van der Waals surface area contributed by atoms with E-state index in [1.807, 2.05) is 4.90 Å². The fourth-order valence-electron chi connectivity index (χ4n) is 3.89. The van der Waals surface area contributed by atoms with E-state index in [0.29, 0.717) is 36.4 Å². The predicted octanol–water partition coefficient (Wildman–Crippen LogP) is 1.15. The van der Waals surface area contributed by atoms with Crippen LogP contribution in [0.2, 0.25) is 0 Å². The zero-order chi connectivity index (χ0) is 16.6. The molecule has 8 nitrogen and oxygen atoms in total. The molecule has 2 fully saturated rings. The molecule has 1 aromatic heterocycles. The van der Waals surface area contributed by atoms with E-state index in [1.54, 1.807) is 18.5 Å². The van der Waals surface area contributed by atoms with E-state index < -0.39 is 4.92 Å². The molecule has 8 heteroatoms. The van der Waals surface area contributed by atoms with Gasteiger partial charge in [-0.3, -0.25) is 19.6 Å². The van der Waals surface area contributed by atoms with Gasteiger partial charge in [-0.1, -0.05) is 0 Å². The van der Waals surface area contributed by atoms with Crippen LogP contribution in [0.5, 0.6) is 0 Å². The van der Waals surface area contributed by atoms with Crippen molar-refractivity contribution in [2.24, 2.45) is 0 Å². The summed E-state index contributed by atoms with van der Waals surface area (Å²) in [7, 11) is 0. The first-order chi connectivity index (χ1) is 11.0. The fraction of sp³-hybridized carbons (Fsp3) is 0.733. The van der Waals surface area contributed by atoms with Crippen LogP contribution in [0.1, 0.15) is 37.1 Å². The maximum Gasteiger partial charge on any atom is 0.312 e. The van der Waals surface area contributed by atoms with Crippen LogP contribution in [-0.4, -0.2) is 50.7 Å². The monoisotopic (exact) mass is 321 g/mol. The molecule has 2 atom stereocenters. The highest BCUT2D eigenvalue weighted by Gasteiger charge is 2.37. The first-order valence-corrected chi connectivity index (χ1v) is 8.19. The van der Waals surface area contributed by atoms with Crippen LogP contribution in [0.15, 0.2) is 0 Å². The summed E-state index contributed by atoms with van der Waals surface area (Å²) in [4.78, 5) is 25.3. The Morgan fingerprint density at radius 2 is 2.09 bits per heavy atom. The van der Waals surface area contributed by atoms with Crippen LogP contribution in [0.4, 0.5) is 5.69 Å². The second kappa shape index (κ2) is 6.27. The molecular formula is C15H23N5O3. The average molecular weight is 321 g/mol. The van der Waals surface area contributed by atoms with Gasteiger partial charge in [0.1, 0.15) is 11.4 Å². The van der Waals surface area contributed by atoms with Crippen LogP contribution >= 0.6 is 0 Å². The number of carbonyl (C=O) groups excluding carboxylic acids is 1. The molecule has 0 saturated carbocycles. The molecule has 126 valence electrons. The number of hydrogen-bond donors (Lipinski definition) is 1. The van der Waals surface area contributed by atoms with Gasteiger partial charge in [-0.25, -0.2) is 0 Å². The van der Waals surface area contributed by atoms with Crippen molar-refractivity contribution < 1.29 is 9.72 Å². The number of aromatic nitrogens is 2. The summed E-state index contributed by atoms with van der Waals surface area (Å²) >= 11 is 0. The van der Waals surface area contributed by atoms with Gasteiger partial charge in [0.05, 0.1) is 11.5 Å². The Balaban J connectivity index is 1.68. The van der Waals surface area contributed by atoms with Crippen molar-refractivity contribution in [2.45, 2.75) is 58.2 Å². The second-order valence-electron chi connectivity index (χ2n) is 6.43. The van der Waals surface area contributed by atoms with E-state index in [2.05, 4.69) is 10.4 Å². The van der Waals surface area contributed by atoms with E-state index in [9.17, 15) is 14.9 Å². The lowest BCUT2D eigenvalue weighted by atomic mass is 10.1. The van der Waals surface area contributed by atoms with Gasteiger partial charge in [-0.15, -0.1) is 0 Å². The van der Waals surface area contributed by atoms with Gasteiger partial charge >= 0.3 is 5.69 Å². The van der Waals surface area contributed by atoms with Gasteiger partial charge in [-0.05, 0) is 39.7 Å². The number of amides is 1. The summed E-state index contributed by atoms with van der Waals surface area (Å²) in [6.07, 6.45) is 3.50. The molecule has 1 aromatic rings. The quantitative estimate of drug-likeness (QED) is 0.663. The van der Waals surface area contributed by atoms with E-state index in [0.717, 1.165) is 32.4 Å². The van der Waals surface area contributed by atoms with Crippen molar-refractivity contribution >= 4 is 11.6 Å². The van der Waals surface area contributed by atoms with E-state index in [-0.39, 0.29) is 11.6 Å². The molecule has 23 heavy (non-hydrogen) atoms. The predicted molar refractivity (Wildman–Crippen MR) is 84.1 cm³/mol. The molecule has 2 saturated heterocycles. The Morgan fingerprint density at radius 1 is 1.35 bits per heavy atom. The number of hydrogen-bond acceptors (Lipinski definition) is 5. The topological polar surface area (TPSA) is 93.3 Å². The molecule has 3 heterocycles. The molecule has 0 spiro atoms. The summed E-state index contributed by atoms with van der Waals surface area (Å²) in [5.41, 5.74) is 0.969. The van der Waals surface area contributed by atoms with Gasteiger partial charge < -0.3 is 10.2 Å². The first-order valence-electron chi connectivity index (χ1n) is 8.19. The Hall–Kier alpha value is -1.96. The van der Waals surface area contributed by atoms with Crippen LogP contribution in [0, 0.1) is 24.0 Å². The average Bonchev–Trinajstić information content (AvgIpc) is 2.91. The van der Waals surface area contributed by atoms with Crippen molar-refractivity contribution in [3.63, 3.8) is 0 Å². The second-order valence-corrected chi connectivity index (χ2v) is 6.43. The Kier molecular flexibility index (Phi) is 4.34. The summed E-state index contributed by atoms with van der Waals surface area (Å²) in [5, 5.41) is 18.6. The number of nitrogens with zero attached hydrogens (tertiary/aromatic N) is 4. The SMILES string of the molecule is Cc1nn(CCC(=O)N2C3CCNCC2CC3)c(C)c1[N+](=O)[O-]. The van der Waals surface area contributed by atoms with Crippen molar-refractivity contribution in [3.05, 3.63) is 21.5 Å². The van der Waals surface area contributed by atoms with Gasteiger partial charge in [0.2, 0.25) is 5.91 Å². The summed E-state index contributed by atoms with van der Waals surface area (Å²) in [5.74, 6) is 0.136. The Labute approximate surface area is 135 Å². The molecule has 3 rings (SSSR count). The van der Waals surface area contributed by atoms with Gasteiger partial charge in [0.15, 0.2) is 0 Å². The third kappa shape index (κ3) is 2.95. The van der Waals surface area contributed by atoms with Gasteiger partial charge in [0, 0.05) is 25.0 Å². The number of carbonyl (C=O) groups is 1. The zero-order valence-corrected chi connectivity index (χ0v) is 13.6. The molecule has 0 aliphatic carbocycles. The minimum Gasteiger partial charge on any atom is -0.335 e. The molecule has 2 aliphatic heterocycles. The number of nitrogens with one attached hydrogen (secondary N) is 1. The highest BCUT2D eigenvalue weighted by molar-refractivity contribution is 5.77. The van der Waals surface area contributed by atoms with E-state index >= 15 is 0 Å². The van der Waals surface area contributed by atoms with Gasteiger partial charge in [-0.2, -0.15) is 5.10 Å². The van der Waals surface area contributed by atoms with E-state index in [4.69, 9.17) is 0 Å². The fourth-order valence-corrected chi connectivity index (χ4v) is 3.89. The molecule has 2 bridgehead atoms. The Bertz CT molecular complexity index is 613. The number of aryl methyl sites for hydroxylation is 2. The lowest BCUT2D eigenvalue weighted by Crippen LogP contribution is -2.42. The van der Waals surface area contributed by atoms with Crippen LogP contribution in [0.3, 0.4) is 0 Å². The summed E-state index contributed by atoms with van der Waals surface area (Å²) in [6.45, 7) is 5.54. The smallest absolute Gasteiger partial charge is 0.312 e. The standard InChI is InChI=1S/C15H23N5O3/c1-10-15(20(22)23)11(2)18(17-10)8-6-14(21)19-12-3-4-13(19)9-16-7-5-12/h12-13,16H,3-9H2,1-2H3. The molecule has 2 unspecified atom stereocenters. The Morgan fingerprint density at radius 3 is 2.78 bits per heavy atom. The zero-order valence-electron chi connectivity index (χ0n) is 13.6. The van der Waals surface area contributed by atoms with E-state index in [1.165, 1.54) is 0 Å². The normalized spacial score (nSPS) is 23.8. The van der Waals surface area contributed by atoms with Crippen molar-refractivity contribution in [1.29, 1.82) is 0 Å². The number of rotatable bonds is 4. The molecule has 1 N–H and O–H groups in total. The molecule has 1 amide bonds. The highest BCUT2D eigenvalue weighted by atomic mass is 16.6. The van der Waals surface area contributed by atoms with Crippen LogP contribution in [0.25, 0.3) is 0 Å². The molecular weight excluding hydrogens is 298 g/mol. The minimum absolute atomic E-state index is 0.0523. The van der Waals surface area contributed by atoms with Crippen LogP contribution in [-0.2, 0) is 11.3 Å². The molecule has 2 aliphatic rings. The lowest BCUT2D eigenvalue weighted by Gasteiger charge is -2.28. The van der Waals surface area contributed by atoms with Crippen molar-refractivity contribution in [1.82, 2.24) is 20.0 Å². The molecule has 0 aromatic carbocycles. The van der Waals surface area contributed by atoms with Crippen LogP contribution < -0.4 is 5.32 Å². The van der Waals surface area contributed by atoms with Gasteiger partial charge in [0.25, 0.3) is 0 Å². The number of nitro groups is 1. The summed E-state index contributed by atoms with van der Waals surface area (Å²) < 4.78 is 1.59. The third-order valence-corrected chi connectivity index (χ3v) is 5.01. The maximum absolute atomic E-state index is 12.6. The lowest BCUT2D eigenvalue weighted by molar-refractivity contribution is -0.386. The summed E-state index contributed by atoms with van der Waals surface area (Å²) in [6, 6.07) is 0.641. The highest BCUT2D eigenvalue weighted by Crippen LogP contribution is 2.29.